The summed E-state index contributed by atoms with van der Waals surface area (Å²) in [7, 11) is 0. The molecule has 1 aromatic heterocycles. The predicted octanol–water partition coefficient (Wildman–Crippen LogP) is 1.43. The molecular formula is C9H11NOS. The van der Waals surface area contributed by atoms with E-state index in [1.165, 1.54) is 5.56 Å². The first kappa shape index (κ1) is 7.80. The van der Waals surface area contributed by atoms with E-state index in [9.17, 15) is 4.79 Å². The lowest BCUT2D eigenvalue weighted by Gasteiger charge is -2.03. The van der Waals surface area contributed by atoms with E-state index in [1.807, 2.05) is 0 Å². The molecule has 64 valence electrons. The van der Waals surface area contributed by atoms with Gasteiger partial charge in [-0.3, -0.25) is 4.79 Å². The summed E-state index contributed by atoms with van der Waals surface area (Å²) >= 11 is 1.72. The third-order valence-corrected chi connectivity index (χ3v) is 2.90. The molecule has 0 saturated carbocycles. The van der Waals surface area contributed by atoms with Crippen LogP contribution in [0.2, 0.25) is 0 Å². The average molecular weight is 181 g/mol. The molecule has 1 N–H and O–H groups in total. The Morgan fingerprint density at radius 3 is 3.17 bits per heavy atom. The molecule has 0 bridgehead atoms. The molecule has 1 atom stereocenters. The van der Waals surface area contributed by atoms with Crippen molar-refractivity contribution in [3.8, 4) is 0 Å². The van der Waals surface area contributed by atoms with Crippen LogP contribution in [0.1, 0.15) is 12.0 Å². The highest BCUT2D eigenvalue weighted by atomic mass is 32.1. The van der Waals surface area contributed by atoms with Crippen molar-refractivity contribution >= 4 is 17.2 Å². The number of amides is 1. The molecule has 1 aliphatic rings. The largest absolute Gasteiger partial charge is 0.356 e. The molecule has 1 unspecified atom stereocenters. The van der Waals surface area contributed by atoms with Crippen LogP contribution in [0, 0.1) is 5.92 Å². The van der Waals surface area contributed by atoms with Gasteiger partial charge in [-0.25, -0.2) is 0 Å². The van der Waals surface area contributed by atoms with Crippen molar-refractivity contribution in [3.05, 3.63) is 22.4 Å². The maximum absolute atomic E-state index is 10.9. The molecule has 12 heavy (non-hydrogen) atoms. The topological polar surface area (TPSA) is 29.1 Å². The minimum Gasteiger partial charge on any atom is -0.356 e. The van der Waals surface area contributed by atoms with E-state index < -0.39 is 0 Å². The summed E-state index contributed by atoms with van der Waals surface area (Å²) in [6.45, 7) is 0.856. The highest BCUT2D eigenvalue weighted by Crippen LogP contribution is 2.17. The average Bonchev–Trinajstić information content (AvgIpc) is 2.63. The highest BCUT2D eigenvalue weighted by Gasteiger charge is 2.21. The summed E-state index contributed by atoms with van der Waals surface area (Å²) in [5.41, 5.74) is 1.36. The van der Waals surface area contributed by atoms with Crippen molar-refractivity contribution in [2.75, 3.05) is 6.54 Å². The van der Waals surface area contributed by atoms with Crippen molar-refractivity contribution in [1.82, 2.24) is 5.32 Å². The van der Waals surface area contributed by atoms with Gasteiger partial charge in [-0.05, 0) is 34.7 Å². The maximum atomic E-state index is 10.9. The van der Waals surface area contributed by atoms with Gasteiger partial charge in [-0.15, -0.1) is 0 Å². The van der Waals surface area contributed by atoms with Crippen LogP contribution in [0.15, 0.2) is 16.8 Å². The van der Waals surface area contributed by atoms with Gasteiger partial charge in [0.05, 0.1) is 0 Å². The second-order valence-corrected chi connectivity index (χ2v) is 3.99. The molecule has 1 aliphatic heterocycles. The number of rotatable bonds is 2. The molecule has 0 spiro atoms. The Kier molecular flexibility index (Phi) is 2.13. The normalized spacial score (nSPS) is 22.7. The molecule has 1 amide bonds. The van der Waals surface area contributed by atoms with E-state index in [2.05, 4.69) is 22.1 Å². The SMILES string of the molecule is O=C1CC(Cc2ccsc2)CN1. The zero-order chi connectivity index (χ0) is 8.39. The first-order valence-corrected chi connectivity index (χ1v) is 5.06. The number of hydrogen-bond acceptors (Lipinski definition) is 2. The van der Waals surface area contributed by atoms with Gasteiger partial charge in [-0.2, -0.15) is 11.3 Å². The Morgan fingerprint density at radius 2 is 2.58 bits per heavy atom. The summed E-state index contributed by atoms with van der Waals surface area (Å²) in [4.78, 5) is 10.9. The van der Waals surface area contributed by atoms with Crippen molar-refractivity contribution in [2.24, 2.45) is 5.92 Å². The molecule has 1 fully saturated rings. The molecule has 2 heterocycles. The van der Waals surface area contributed by atoms with Crippen molar-refractivity contribution in [3.63, 3.8) is 0 Å². The Hall–Kier alpha value is -0.830. The molecular weight excluding hydrogens is 170 g/mol. The van der Waals surface area contributed by atoms with Gasteiger partial charge in [-0.1, -0.05) is 0 Å². The Morgan fingerprint density at radius 1 is 1.67 bits per heavy atom. The van der Waals surface area contributed by atoms with Gasteiger partial charge in [0.15, 0.2) is 0 Å². The fourth-order valence-electron chi connectivity index (χ4n) is 1.55. The predicted molar refractivity (Wildman–Crippen MR) is 49.1 cm³/mol. The van der Waals surface area contributed by atoms with Gasteiger partial charge >= 0.3 is 0 Å². The number of carbonyl (C=O) groups excluding carboxylic acids is 1. The van der Waals surface area contributed by atoms with Crippen LogP contribution in [0.3, 0.4) is 0 Å². The fraction of sp³-hybridized carbons (Fsp3) is 0.444. The second-order valence-electron chi connectivity index (χ2n) is 3.21. The summed E-state index contributed by atoms with van der Waals surface area (Å²) in [5, 5.41) is 7.08. The third-order valence-electron chi connectivity index (χ3n) is 2.17. The van der Waals surface area contributed by atoms with Crippen LogP contribution < -0.4 is 5.32 Å². The molecule has 2 nitrogen and oxygen atoms in total. The van der Waals surface area contributed by atoms with E-state index in [-0.39, 0.29) is 5.91 Å². The lowest BCUT2D eigenvalue weighted by Crippen LogP contribution is -2.14. The molecule has 0 radical (unpaired) electrons. The number of carbonyl (C=O) groups is 1. The summed E-state index contributed by atoms with van der Waals surface area (Å²) in [6, 6.07) is 2.13. The lowest BCUT2D eigenvalue weighted by molar-refractivity contribution is -0.119. The first-order valence-electron chi connectivity index (χ1n) is 4.12. The maximum Gasteiger partial charge on any atom is 0.220 e. The van der Waals surface area contributed by atoms with Crippen LogP contribution in [0.5, 0.6) is 0 Å². The quantitative estimate of drug-likeness (QED) is 0.734. The van der Waals surface area contributed by atoms with Crippen LogP contribution in [-0.2, 0) is 11.2 Å². The fourth-order valence-corrected chi connectivity index (χ4v) is 2.23. The number of hydrogen-bond donors (Lipinski definition) is 1. The van der Waals surface area contributed by atoms with Gasteiger partial charge in [0.2, 0.25) is 5.91 Å². The van der Waals surface area contributed by atoms with Gasteiger partial charge in [0.25, 0.3) is 0 Å². The molecule has 0 aromatic carbocycles. The molecule has 1 aromatic rings. The van der Waals surface area contributed by atoms with Gasteiger partial charge in [0, 0.05) is 13.0 Å². The van der Waals surface area contributed by atoms with Gasteiger partial charge in [0.1, 0.15) is 0 Å². The van der Waals surface area contributed by atoms with Crippen molar-refractivity contribution < 1.29 is 4.79 Å². The van der Waals surface area contributed by atoms with E-state index >= 15 is 0 Å². The van der Waals surface area contributed by atoms with Crippen LogP contribution in [0.4, 0.5) is 0 Å². The Labute approximate surface area is 75.6 Å². The Balaban J connectivity index is 1.92. The van der Waals surface area contributed by atoms with Crippen LogP contribution in [-0.4, -0.2) is 12.5 Å². The minimum atomic E-state index is 0.204. The van der Waals surface area contributed by atoms with Gasteiger partial charge < -0.3 is 5.32 Å². The van der Waals surface area contributed by atoms with Crippen molar-refractivity contribution in [1.29, 1.82) is 0 Å². The zero-order valence-corrected chi connectivity index (χ0v) is 7.56. The van der Waals surface area contributed by atoms with E-state index in [1.54, 1.807) is 11.3 Å². The number of thiophene rings is 1. The second kappa shape index (κ2) is 3.27. The molecule has 1 saturated heterocycles. The molecule has 0 aliphatic carbocycles. The number of nitrogens with one attached hydrogen (secondary N) is 1. The lowest BCUT2D eigenvalue weighted by atomic mass is 10.0. The third kappa shape index (κ3) is 1.67. The van der Waals surface area contributed by atoms with E-state index in [0.717, 1.165) is 13.0 Å². The summed E-state index contributed by atoms with van der Waals surface area (Å²) < 4.78 is 0. The first-order chi connectivity index (χ1) is 5.84. The zero-order valence-electron chi connectivity index (χ0n) is 6.75. The van der Waals surface area contributed by atoms with Crippen LogP contribution in [0.25, 0.3) is 0 Å². The Bertz CT molecular complexity index is 268. The minimum absolute atomic E-state index is 0.204. The standard InChI is InChI=1S/C9H11NOS/c11-9-4-8(5-10-9)3-7-1-2-12-6-7/h1-2,6,8H,3-5H2,(H,10,11). The van der Waals surface area contributed by atoms with E-state index in [4.69, 9.17) is 0 Å². The monoisotopic (exact) mass is 181 g/mol. The molecule has 2 rings (SSSR count). The van der Waals surface area contributed by atoms with Crippen LogP contribution >= 0.6 is 11.3 Å². The van der Waals surface area contributed by atoms with E-state index in [0.29, 0.717) is 12.3 Å². The summed E-state index contributed by atoms with van der Waals surface area (Å²) in [6.07, 6.45) is 1.75. The molecule has 3 heteroatoms. The highest BCUT2D eigenvalue weighted by molar-refractivity contribution is 7.07. The van der Waals surface area contributed by atoms with Crippen molar-refractivity contribution in [2.45, 2.75) is 12.8 Å². The smallest absolute Gasteiger partial charge is 0.220 e. The summed E-state index contributed by atoms with van der Waals surface area (Å²) in [5.74, 6) is 0.724.